The molecule has 4 aromatic rings. The first-order valence-corrected chi connectivity index (χ1v) is 16.1. The van der Waals surface area contributed by atoms with Gasteiger partial charge in [0.1, 0.15) is 23.2 Å². The molecular formula is C35H38FN5O5. The third-order valence-electron chi connectivity index (χ3n) is 10.7. The fraction of sp³-hybridized carbons (Fsp3) is 0.457. The maximum atomic E-state index is 17.0. The summed E-state index contributed by atoms with van der Waals surface area (Å²) >= 11 is 0. The molecule has 1 N–H and O–H groups in total. The number of aryl methyl sites for hydroxylation is 1. The number of imidazole rings is 1. The van der Waals surface area contributed by atoms with Crippen LogP contribution in [0.5, 0.6) is 0 Å². The van der Waals surface area contributed by atoms with Gasteiger partial charge in [-0.1, -0.05) is 30.7 Å². The molecule has 3 fully saturated rings. The summed E-state index contributed by atoms with van der Waals surface area (Å²) in [4.78, 5) is 19.4. The van der Waals surface area contributed by atoms with Crippen LogP contribution in [0.2, 0.25) is 0 Å². The molecule has 0 amide bonds. The quantitative estimate of drug-likeness (QED) is 0.289. The van der Waals surface area contributed by atoms with Gasteiger partial charge in [-0.2, -0.15) is 5.10 Å². The van der Waals surface area contributed by atoms with Crippen molar-refractivity contribution in [3.05, 3.63) is 83.3 Å². The zero-order chi connectivity index (χ0) is 31.8. The number of hydrogen-bond donors (Lipinski definition) is 1. The Balaban J connectivity index is 1.29. The molecule has 8 rings (SSSR count). The van der Waals surface area contributed by atoms with Crippen molar-refractivity contribution in [2.24, 2.45) is 7.05 Å². The van der Waals surface area contributed by atoms with E-state index >= 15 is 4.39 Å². The summed E-state index contributed by atoms with van der Waals surface area (Å²) in [7, 11) is 1.77. The van der Waals surface area contributed by atoms with Crippen LogP contribution in [-0.2, 0) is 39.8 Å². The number of likely N-dealkylation sites (tertiary alicyclic amines) is 1. The number of benzene rings is 2. The molecule has 2 aromatic heterocycles. The molecule has 5 heterocycles. The topological polar surface area (TPSA) is 104 Å². The van der Waals surface area contributed by atoms with Gasteiger partial charge in [-0.3, -0.25) is 9.58 Å². The number of nitrogens with zero attached hydrogens (tertiary/aromatic N) is 5. The van der Waals surface area contributed by atoms with Gasteiger partial charge in [0, 0.05) is 30.1 Å². The minimum Gasteiger partial charge on any atom is -0.478 e. The van der Waals surface area contributed by atoms with E-state index in [0.29, 0.717) is 29.9 Å². The van der Waals surface area contributed by atoms with E-state index in [1.54, 1.807) is 36.1 Å². The molecule has 0 radical (unpaired) electrons. The Labute approximate surface area is 266 Å². The second kappa shape index (κ2) is 10.8. The average Bonchev–Trinajstić information content (AvgIpc) is 3.70. The Morgan fingerprint density at radius 2 is 2.07 bits per heavy atom. The number of aromatic nitrogens is 4. The molecule has 10 nitrogen and oxygen atoms in total. The van der Waals surface area contributed by atoms with Crippen molar-refractivity contribution in [2.75, 3.05) is 13.2 Å². The monoisotopic (exact) mass is 627 g/mol. The van der Waals surface area contributed by atoms with Crippen LogP contribution >= 0.6 is 0 Å². The normalized spacial score (nSPS) is 29.5. The first-order chi connectivity index (χ1) is 22.2. The maximum Gasteiger partial charge on any atom is 0.335 e. The highest BCUT2D eigenvalue weighted by atomic mass is 19.1. The molecule has 3 aliphatic heterocycles. The molecule has 4 aliphatic rings. The number of allylic oxidation sites excluding steroid dienone is 2. The van der Waals surface area contributed by atoms with Gasteiger partial charge in [-0.25, -0.2) is 14.2 Å². The molecule has 1 aliphatic carbocycles. The van der Waals surface area contributed by atoms with Gasteiger partial charge in [0.25, 0.3) is 0 Å². The Morgan fingerprint density at radius 1 is 1.22 bits per heavy atom. The number of carboxylic acids is 1. The predicted molar refractivity (Wildman–Crippen MR) is 169 cm³/mol. The zero-order valence-electron chi connectivity index (χ0n) is 26.3. The summed E-state index contributed by atoms with van der Waals surface area (Å²) in [5, 5.41) is 14.8. The minimum absolute atomic E-state index is 0.0444. The molecule has 46 heavy (non-hydrogen) atoms. The van der Waals surface area contributed by atoms with Crippen LogP contribution in [0.15, 0.2) is 60.5 Å². The molecule has 3 saturated heterocycles. The van der Waals surface area contributed by atoms with Crippen LogP contribution in [0, 0.1) is 5.82 Å². The van der Waals surface area contributed by atoms with E-state index in [2.05, 4.69) is 27.6 Å². The lowest BCUT2D eigenvalue weighted by Crippen LogP contribution is -2.66. The van der Waals surface area contributed by atoms with E-state index in [0.717, 1.165) is 61.1 Å². The van der Waals surface area contributed by atoms with Crippen molar-refractivity contribution < 1.29 is 28.5 Å². The highest BCUT2D eigenvalue weighted by molar-refractivity contribution is 5.92. The Hall–Kier alpha value is -4.06. The first-order valence-electron chi connectivity index (χ1n) is 16.1. The van der Waals surface area contributed by atoms with Crippen LogP contribution in [0.25, 0.3) is 21.9 Å². The number of aromatic carboxylic acids is 1. The molecule has 2 aromatic carbocycles. The minimum atomic E-state index is -0.977. The van der Waals surface area contributed by atoms with E-state index in [-0.39, 0.29) is 17.5 Å². The third-order valence-corrected chi connectivity index (χ3v) is 10.7. The second-order valence-electron chi connectivity index (χ2n) is 13.2. The van der Waals surface area contributed by atoms with Crippen LogP contribution in [0.3, 0.4) is 0 Å². The van der Waals surface area contributed by atoms with E-state index in [1.165, 1.54) is 0 Å². The predicted octanol–water partition coefficient (Wildman–Crippen LogP) is 5.45. The summed E-state index contributed by atoms with van der Waals surface area (Å²) in [6.45, 7) is 6.66. The lowest BCUT2D eigenvalue weighted by atomic mass is 9.57. The van der Waals surface area contributed by atoms with Crippen LogP contribution in [0.1, 0.15) is 61.3 Å². The molecule has 11 heteroatoms. The number of ether oxygens (including phenoxy) is 3. The lowest BCUT2D eigenvalue weighted by molar-refractivity contribution is -0.0899. The van der Waals surface area contributed by atoms with Gasteiger partial charge in [0.2, 0.25) is 0 Å². The molecule has 0 spiro atoms. The molecule has 5 atom stereocenters. The summed E-state index contributed by atoms with van der Waals surface area (Å²) in [6, 6.07) is 8.92. The molecular weight excluding hydrogens is 589 g/mol. The van der Waals surface area contributed by atoms with E-state index in [4.69, 9.17) is 19.2 Å². The average molecular weight is 628 g/mol. The maximum absolute atomic E-state index is 17.0. The fourth-order valence-electron chi connectivity index (χ4n) is 8.23. The smallest absolute Gasteiger partial charge is 0.335 e. The third kappa shape index (κ3) is 4.28. The number of fused-ring (bicyclic) bond motifs is 3. The van der Waals surface area contributed by atoms with Gasteiger partial charge in [0.05, 0.1) is 47.4 Å². The SMILES string of the molecule is CC1OC2=CC=CC(c3ccc4cnn(C)c4c3F)(C3(C)CCCCN3Cc3nc4ccc(C(=O)O)cc4n3C[C@@H]3CCO3)C2O1. The molecule has 4 unspecified atom stereocenters. The highest BCUT2D eigenvalue weighted by Gasteiger charge is 2.61. The van der Waals surface area contributed by atoms with Crippen molar-refractivity contribution in [1.29, 1.82) is 0 Å². The number of halogens is 1. The Kier molecular flexibility index (Phi) is 6.86. The highest BCUT2D eigenvalue weighted by Crippen LogP contribution is 2.55. The fourth-order valence-corrected chi connectivity index (χ4v) is 8.23. The Bertz CT molecular complexity index is 1930. The van der Waals surface area contributed by atoms with Crippen molar-refractivity contribution in [3.63, 3.8) is 0 Å². The van der Waals surface area contributed by atoms with E-state index < -0.39 is 29.3 Å². The summed E-state index contributed by atoms with van der Waals surface area (Å²) in [5.41, 5.74) is 1.15. The van der Waals surface area contributed by atoms with Crippen molar-refractivity contribution in [3.8, 4) is 0 Å². The van der Waals surface area contributed by atoms with Crippen LogP contribution in [0.4, 0.5) is 4.39 Å². The van der Waals surface area contributed by atoms with Crippen molar-refractivity contribution >= 4 is 27.9 Å². The van der Waals surface area contributed by atoms with Crippen molar-refractivity contribution in [2.45, 2.75) is 82.1 Å². The van der Waals surface area contributed by atoms with Crippen molar-refractivity contribution in [1.82, 2.24) is 24.2 Å². The summed E-state index contributed by atoms with van der Waals surface area (Å²) in [5.74, 6) is 0.233. The number of piperidine rings is 1. The van der Waals surface area contributed by atoms with Gasteiger partial charge < -0.3 is 23.9 Å². The van der Waals surface area contributed by atoms with Gasteiger partial charge in [0.15, 0.2) is 12.1 Å². The van der Waals surface area contributed by atoms with Gasteiger partial charge in [-0.05, 0) is 63.9 Å². The summed E-state index contributed by atoms with van der Waals surface area (Å²) < 4.78 is 39.3. The largest absolute Gasteiger partial charge is 0.478 e. The molecule has 0 saturated carbocycles. The first kappa shape index (κ1) is 29.3. The molecule has 0 bridgehead atoms. The lowest BCUT2D eigenvalue weighted by Gasteiger charge is -2.58. The summed E-state index contributed by atoms with van der Waals surface area (Å²) in [6.07, 6.45) is 10.4. The Morgan fingerprint density at radius 3 is 2.85 bits per heavy atom. The van der Waals surface area contributed by atoms with E-state index in [9.17, 15) is 9.90 Å². The second-order valence-corrected chi connectivity index (χ2v) is 13.2. The zero-order valence-corrected chi connectivity index (χ0v) is 26.3. The molecule has 240 valence electrons. The number of carboxylic acid groups (broad SMARTS) is 1. The van der Waals surface area contributed by atoms with Gasteiger partial charge in [-0.15, -0.1) is 0 Å². The van der Waals surface area contributed by atoms with Gasteiger partial charge >= 0.3 is 5.97 Å². The van der Waals surface area contributed by atoms with Crippen LogP contribution in [-0.4, -0.2) is 72.5 Å². The number of carbonyl (C=O) groups is 1. The number of hydrogen-bond acceptors (Lipinski definition) is 7. The van der Waals surface area contributed by atoms with E-state index in [1.807, 2.05) is 31.2 Å². The standard InChI is InChI=1S/C35H38FN5O5/c1-21-45-28-7-6-14-35(32(28)46-21,25-10-8-23-18-37-39(3)31(23)30(25)36)34(2)13-4-5-15-40(34)20-29-38-26-11-9-22(33(42)43)17-27(26)41(29)19-24-12-16-44-24/h6-11,14,17-18,21,24,32H,4-5,12-13,15-16,19-20H2,1-3H3,(H,42,43)/t21?,24-,32?,34?,35?/m0/s1. The van der Waals surface area contributed by atoms with Crippen LogP contribution < -0.4 is 0 Å². The number of rotatable bonds is 7.